The Hall–Kier alpha value is -7.69. The van der Waals surface area contributed by atoms with Crippen LogP contribution in [0.1, 0.15) is 51.7 Å². The van der Waals surface area contributed by atoms with E-state index in [-0.39, 0.29) is 10.8 Å². The van der Waals surface area contributed by atoms with Crippen LogP contribution in [0, 0.1) is 48.6 Å². The molecule has 0 fully saturated rings. The first-order chi connectivity index (χ1) is 29.2. The molecular formula is C57H44N3+. The molecule has 2 aliphatic heterocycles. The third kappa shape index (κ3) is 6.30. The standard InChI is InChI=1S/C57H44N3/c1-7-9-39-58-49-35-31-41-21-17-19-27-47(41)53(49)56(3,4)51(58)37-33-43-29-30-44(55(43)60(45-23-13-11-14-24-45)46-25-15-12-16-26-46)34-38-52-57(5,6)54-48-28-20-18-22-42(48)32-36-50(54)59(52)40-10-8-2/h1-2,11-28,31-38H,29-30H2,3-6H3/q+1. The van der Waals surface area contributed by atoms with Crippen LogP contribution in [0.3, 0.4) is 0 Å². The highest BCUT2D eigenvalue weighted by molar-refractivity contribution is 6.08. The van der Waals surface area contributed by atoms with Crippen molar-refractivity contribution < 1.29 is 4.58 Å². The number of allylic oxidation sites excluding steroid dienone is 7. The van der Waals surface area contributed by atoms with Crippen LogP contribution >= 0.6 is 0 Å². The summed E-state index contributed by atoms with van der Waals surface area (Å²) in [6.45, 7) is 9.15. The molecule has 0 aromatic heterocycles. The predicted octanol–water partition coefficient (Wildman–Crippen LogP) is 12.6. The molecule has 0 atom stereocenters. The van der Waals surface area contributed by atoms with Gasteiger partial charge in [-0.2, -0.15) is 0 Å². The first-order valence-electron chi connectivity index (χ1n) is 20.4. The molecular weight excluding hydrogens is 727 g/mol. The van der Waals surface area contributed by atoms with Crippen molar-refractivity contribution in [2.24, 2.45) is 0 Å². The molecule has 0 saturated heterocycles. The summed E-state index contributed by atoms with van der Waals surface area (Å²) < 4.78 is 2.09. The fourth-order valence-corrected chi connectivity index (χ4v) is 9.51. The largest absolute Gasteiger partial charge is 0.310 e. The van der Waals surface area contributed by atoms with Gasteiger partial charge in [0.05, 0.1) is 22.7 Å². The maximum Gasteiger partial charge on any atom is 0.243 e. The molecule has 3 nitrogen and oxygen atoms in total. The van der Waals surface area contributed by atoms with E-state index in [1.165, 1.54) is 43.8 Å². The zero-order chi connectivity index (χ0) is 41.4. The summed E-state index contributed by atoms with van der Waals surface area (Å²) in [6, 6.07) is 53.8. The Kier molecular flexibility index (Phi) is 9.62. The van der Waals surface area contributed by atoms with Gasteiger partial charge in [0.1, 0.15) is 0 Å². The third-order valence-corrected chi connectivity index (χ3v) is 12.2. The first kappa shape index (κ1) is 37.9. The highest BCUT2D eigenvalue weighted by Gasteiger charge is 2.46. The predicted molar refractivity (Wildman–Crippen MR) is 251 cm³/mol. The van der Waals surface area contributed by atoms with E-state index in [0.29, 0.717) is 0 Å². The van der Waals surface area contributed by atoms with E-state index in [2.05, 4.69) is 236 Å². The second-order valence-electron chi connectivity index (χ2n) is 16.4. The average molecular weight is 771 g/mol. The lowest BCUT2D eigenvalue weighted by Gasteiger charge is -2.29. The van der Waals surface area contributed by atoms with Gasteiger partial charge in [-0.3, -0.25) is 4.90 Å². The van der Waals surface area contributed by atoms with Crippen LogP contribution in [-0.2, 0) is 10.8 Å². The third-order valence-electron chi connectivity index (χ3n) is 12.2. The molecule has 60 heavy (non-hydrogen) atoms. The molecule has 6 aromatic rings. The van der Waals surface area contributed by atoms with Gasteiger partial charge in [-0.1, -0.05) is 117 Å². The highest BCUT2D eigenvalue weighted by atomic mass is 15.2. The number of rotatable bonds is 6. The van der Waals surface area contributed by atoms with Crippen molar-refractivity contribution >= 4 is 50.0 Å². The molecule has 1 aliphatic carbocycles. The minimum absolute atomic E-state index is 0.354. The maximum absolute atomic E-state index is 5.73. The smallest absolute Gasteiger partial charge is 0.243 e. The van der Waals surface area contributed by atoms with Crippen molar-refractivity contribution in [1.29, 1.82) is 0 Å². The molecule has 3 aliphatic rings. The molecule has 0 bridgehead atoms. The van der Waals surface area contributed by atoms with Crippen molar-refractivity contribution in [2.45, 2.75) is 51.4 Å². The number of nitrogens with zero attached hydrogens (tertiary/aromatic N) is 3. The van der Waals surface area contributed by atoms with E-state index in [9.17, 15) is 0 Å². The quantitative estimate of drug-likeness (QED) is 0.123. The summed E-state index contributed by atoms with van der Waals surface area (Å²) >= 11 is 0. The molecule has 6 aromatic carbocycles. The van der Waals surface area contributed by atoms with Gasteiger partial charge >= 0.3 is 0 Å². The number of anilines is 3. The lowest BCUT2D eigenvalue weighted by atomic mass is 9.79. The average Bonchev–Trinajstić information content (AvgIpc) is 3.84. The molecule has 0 unspecified atom stereocenters. The molecule has 2 heterocycles. The van der Waals surface area contributed by atoms with Gasteiger partial charge in [-0.15, -0.1) is 17.4 Å². The van der Waals surface area contributed by atoms with E-state index in [0.717, 1.165) is 52.7 Å². The van der Waals surface area contributed by atoms with Crippen LogP contribution in [0.4, 0.5) is 22.7 Å². The van der Waals surface area contributed by atoms with Crippen molar-refractivity contribution in [1.82, 2.24) is 0 Å². The van der Waals surface area contributed by atoms with Crippen molar-refractivity contribution in [3.63, 3.8) is 0 Å². The van der Waals surface area contributed by atoms with Gasteiger partial charge in [0.15, 0.2) is 0 Å². The Morgan fingerprint density at radius 2 is 1.22 bits per heavy atom. The summed E-state index contributed by atoms with van der Waals surface area (Å²) in [5.74, 6) is 11.0. The molecule has 0 N–H and O–H groups in total. The normalized spacial score (nSPS) is 17.3. The highest BCUT2D eigenvalue weighted by Crippen LogP contribution is 2.51. The first-order valence-corrected chi connectivity index (χ1v) is 20.4. The zero-order valence-corrected chi connectivity index (χ0v) is 34.4. The lowest BCUT2D eigenvalue weighted by molar-refractivity contribution is -0.332. The topological polar surface area (TPSA) is 9.49 Å². The van der Waals surface area contributed by atoms with Crippen molar-refractivity contribution in [3.8, 4) is 48.6 Å². The van der Waals surface area contributed by atoms with Crippen LogP contribution in [0.5, 0.6) is 0 Å². The summed E-state index contributed by atoms with van der Waals surface area (Å²) in [7, 11) is 0. The fourth-order valence-electron chi connectivity index (χ4n) is 9.51. The van der Waals surface area contributed by atoms with Crippen LogP contribution in [0.15, 0.2) is 180 Å². The number of benzene rings is 6. The van der Waals surface area contributed by atoms with Gasteiger partial charge in [0.2, 0.25) is 17.4 Å². The van der Waals surface area contributed by atoms with Gasteiger partial charge in [0, 0.05) is 52.2 Å². The summed E-state index contributed by atoms with van der Waals surface area (Å²) in [6.07, 6.45) is 22.3. The SMILES string of the molecule is C#CC#CN1/C(=C/C=C2\CCC(/C=C/C3=[N+](C#CC#C)c4ccc5ccccc5c4C3(C)C)=C2N(c2ccccc2)c2ccccc2)C(C)(C)c2c1ccc1ccccc21. The second kappa shape index (κ2) is 15.2. The Labute approximate surface area is 354 Å². The van der Waals surface area contributed by atoms with E-state index >= 15 is 0 Å². The van der Waals surface area contributed by atoms with E-state index < -0.39 is 0 Å². The summed E-state index contributed by atoms with van der Waals surface area (Å²) in [5, 5.41) is 4.85. The van der Waals surface area contributed by atoms with Crippen LogP contribution in [0.25, 0.3) is 21.5 Å². The molecule has 9 rings (SSSR count). The minimum Gasteiger partial charge on any atom is -0.310 e. The molecule has 0 radical (unpaired) electrons. The van der Waals surface area contributed by atoms with E-state index in [1.54, 1.807) is 0 Å². The molecule has 0 saturated carbocycles. The van der Waals surface area contributed by atoms with Crippen LogP contribution < -0.4 is 9.80 Å². The van der Waals surface area contributed by atoms with E-state index in [1.807, 2.05) is 0 Å². The van der Waals surface area contributed by atoms with E-state index in [4.69, 9.17) is 12.8 Å². The number of para-hydroxylation sites is 2. The van der Waals surface area contributed by atoms with Crippen LogP contribution in [-0.4, -0.2) is 10.3 Å². The number of terminal acetylenes is 2. The van der Waals surface area contributed by atoms with Gasteiger partial charge in [-0.05, 0) is 119 Å². The number of hydrogen-bond donors (Lipinski definition) is 0. The van der Waals surface area contributed by atoms with Crippen LogP contribution in [0.2, 0.25) is 0 Å². The molecule has 286 valence electrons. The van der Waals surface area contributed by atoms with Gasteiger partial charge in [-0.25, -0.2) is 0 Å². The Balaban J connectivity index is 1.24. The molecule has 3 heteroatoms. The van der Waals surface area contributed by atoms with Gasteiger partial charge in [0.25, 0.3) is 0 Å². The Morgan fingerprint density at radius 1 is 0.617 bits per heavy atom. The van der Waals surface area contributed by atoms with Gasteiger partial charge < -0.3 is 4.90 Å². The molecule has 0 spiro atoms. The zero-order valence-electron chi connectivity index (χ0n) is 34.4. The summed E-state index contributed by atoms with van der Waals surface area (Å²) in [4.78, 5) is 4.49. The monoisotopic (exact) mass is 770 g/mol. The lowest BCUT2D eigenvalue weighted by Crippen LogP contribution is -2.27. The second-order valence-corrected chi connectivity index (χ2v) is 16.4. The molecule has 0 amide bonds. The Bertz CT molecular complexity index is 3070. The Morgan fingerprint density at radius 3 is 1.87 bits per heavy atom. The fraction of sp³-hybridized carbons (Fsp3) is 0.140. The minimum atomic E-state index is -0.354. The maximum atomic E-state index is 5.73. The van der Waals surface area contributed by atoms with Crippen molar-refractivity contribution in [2.75, 3.05) is 9.80 Å². The number of hydrogen-bond acceptors (Lipinski definition) is 2. The number of fused-ring (bicyclic) bond motifs is 6. The summed E-state index contributed by atoms with van der Waals surface area (Å²) in [5.41, 5.74) is 11.9. The van der Waals surface area contributed by atoms with Crippen molar-refractivity contribution in [3.05, 3.63) is 191 Å².